The van der Waals surface area contributed by atoms with Crippen LogP contribution in [0, 0.1) is 0 Å². The molecule has 2 aromatic carbocycles. The molecule has 22 heavy (non-hydrogen) atoms. The molecule has 112 valence electrons. The highest BCUT2D eigenvalue weighted by atomic mass is 35.5. The van der Waals surface area contributed by atoms with Gasteiger partial charge >= 0.3 is 0 Å². The topological polar surface area (TPSA) is 29.1 Å². The molecule has 1 amide bonds. The molecule has 0 fully saturated rings. The average Bonchev–Trinajstić information content (AvgIpc) is 2.99. The van der Waals surface area contributed by atoms with Gasteiger partial charge in [0.05, 0.1) is 0 Å². The van der Waals surface area contributed by atoms with Crippen molar-refractivity contribution >= 4 is 38.9 Å². The van der Waals surface area contributed by atoms with Gasteiger partial charge in [-0.1, -0.05) is 48.5 Å². The highest BCUT2D eigenvalue weighted by Crippen LogP contribution is 2.33. The normalized spacial score (nSPS) is 12.2. The molecule has 1 N–H and O–H groups in total. The maximum absolute atomic E-state index is 12.2. The second-order valence-corrected chi connectivity index (χ2v) is 6.42. The largest absolute Gasteiger partial charge is 0.354 e. The van der Waals surface area contributed by atoms with E-state index >= 15 is 0 Å². The number of carbonyl (C=O) groups excluding carboxylic acids is 1. The SMILES string of the molecule is O=C(NCCc1ccccc1)C(Cl)c1csc2ccccc12. The second-order valence-electron chi connectivity index (χ2n) is 5.08. The lowest BCUT2D eigenvalue weighted by Gasteiger charge is -2.10. The Balaban J connectivity index is 1.62. The molecule has 2 nitrogen and oxygen atoms in total. The zero-order valence-electron chi connectivity index (χ0n) is 12.0. The summed E-state index contributed by atoms with van der Waals surface area (Å²) in [5.74, 6) is -0.138. The van der Waals surface area contributed by atoms with Crippen LogP contribution >= 0.6 is 22.9 Å². The molecule has 0 aliphatic heterocycles. The lowest BCUT2D eigenvalue weighted by Crippen LogP contribution is -2.28. The van der Waals surface area contributed by atoms with E-state index in [0.717, 1.165) is 22.1 Å². The number of carbonyl (C=O) groups is 1. The van der Waals surface area contributed by atoms with E-state index in [9.17, 15) is 4.79 Å². The summed E-state index contributed by atoms with van der Waals surface area (Å²) in [5, 5.41) is 5.30. The first kappa shape index (κ1) is 15.1. The summed E-state index contributed by atoms with van der Waals surface area (Å²) in [5.41, 5.74) is 2.09. The van der Waals surface area contributed by atoms with E-state index in [1.807, 2.05) is 47.8 Å². The number of benzene rings is 2. The molecule has 0 spiro atoms. The number of hydrogen-bond donors (Lipinski definition) is 1. The van der Waals surface area contributed by atoms with Crippen LogP contribution in [0.25, 0.3) is 10.1 Å². The van der Waals surface area contributed by atoms with Crippen molar-refractivity contribution in [3.63, 3.8) is 0 Å². The summed E-state index contributed by atoms with van der Waals surface area (Å²) in [6.45, 7) is 0.591. The van der Waals surface area contributed by atoms with Crippen molar-refractivity contribution in [3.8, 4) is 0 Å². The van der Waals surface area contributed by atoms with Gasteiger partial charge in [-0.3, -0.25) is 4.79 Å². The van der Waals surface area contributed by atoms with Crippen LogP contribution in [-0.2, 0) is 11.2 Å². The zero-order valence-corrected chi connectivity index (χ0v) is 13.5. The van der Waals surface area contributed by atoms with E-state index in [-0.39, 0.29) is 5.91 Å². The van der Waals surface area contributed by atoms with Crippen molar-refractivity contribution in [2.24, 2.45) is 0 Å². The molecule has 0 bridgehead atoms. The quantitative estimate of drug-likeness (QED) is 0.684. The van der Waals surface area contributed by atoms with Gasteiger partial charge in [-0.15, -0.1) is 22.9 Å². The molecular weight excluding hydrogens is 314 g/mol. The Hall–Kier alpha value is -1.84. The standard InChI is InChI=1S/C18H16ClNOS/c19-17(15-12-22-16-9-5-4-8-14(15)16)18(21)20-11-10-13-6-2-1-3-7-13/h1-9,12,17H,10-11H2,(H,20,21). The Bertz CT molecular complexity index is 769. The first-order chi connectivity index (χ1) is 10.8. The number of nitrogens with one attached hydrogen (secondary N) is 1. The molecule has 3 rings (SSSR count). The van der Waals surface area contributed by atoms with E-state index in [1.54, 1.807) is 11.3 Å². The van der Waals surface area contributed by atoms with Gasteiger partial charge in [0, 0.05) is 11.2 Å². The smallest absolute Gasteiger partial charge is 0.242 e. The molecule has 0 saturated carbocycles. The van der Waals surface area contributed by atoms with Gasteiger partial charge in [-0.05, 0) is 34.4 Å². The number of hydrogen-bond acceptors (Lipinski definition) is 2. The van der Waals surface area contributed by atoms with Crippen LogP contribution in [-0.4, -0.2) is 12.5 Å². The molecule has 0 aliphatic rings. The summed E-state index contributed by atoms with van der Waals surface area (Å²) in [6.07, 6.45) is 0.806. The van der Waals surface area contributed by atoms with Crippen LogP contribution < -0.4 is 5.32 Å². The van der Waals surface area contributed by atoms with E-state index in [1.165, 1.54) is 5.56 Å². The van der Waals surface area contributed by atoms with Crippen molar-refractivity contribution in [2.75, 3.05) is 6.54 Å². The Morgan fingerprint density at radius 3 is 2.64 bits per heavy atom. The van der Waals surface area contributed by atoms with E-state index < -0.39 is 5.38 Å². The summed E-state index contributed by atoms with van der Waals surface area (Å²) in [6, 6.07) is 18.1. The summed E-state index contributed by atoms with van der Waals surface area (Å²) in [4.78, 5) is 12.2. The lowest BCUT2D eigenvalue weighted by molar-refractivity contribution is -0.120. The number of alkyl halides is 1. The van der Waals surface area contributed by atoms with E-state index in [4.69, 9.17) is 11.6 Å². The molecule has 1 atom stereocenters. The third-order valence-corrected chi connectivity index (χ3v) is 4.98. The third-order valence-electron chi connectivity index (χ3n) is 3.57. The first-order valence-electron chi connectivity index (χ1n) is 7.17. The Kier molecular flexibility index (Phi) is 4.76. The average molecular weight is 330 g/mol. The molecule has 4 heteroatoms. The minimum absolute atomic E-state index is 0.138. The summed E-state index contributed by atoms with van der Waals surface area (Å²) >= 11 is 7.97. The molecule has 1 aromatic heterocycles. The summed E-state index contributed by atoms with van der Waals surface area (Å²) < 4.78 is 1.15. The van der Waals surface area contributed by atoms with E-state index in [2.05, 4.69) is 17.4 Å². The molecule has 1 unspecified atom stereocenters. The van der Waals surface area contributed by atoms with Gasteiger partial charge in [0.25, 0.3) is 0 Å². The Labute approximate surface area is 138 Å². The van der Waals surface area contributed by atoms with Crippen LogP contribution in [0.4, 0.5) is 0 Å². The number of fused-ring (bicyclic) bond motifs is 1. The van der Waals surface area contributed by atoms with Crippen molar-refractivity contribution < 1.29 is 4.79 Å². The molecule has 0 radical (unpaired) electrons. The van der Waals surface area contributed by atoms with Crippen LogP contribution in [0.2, 0.25) is 0 Å². The number of thiophene rings is 1. The number of amides is 1. The number of rotatable bonds is 5. The van der Waals surface area contributed by atoms with Gasteiger partial charge in [0.1, 0.15) is 5.38 Å². The van der Waals surface area contributed by atoms with Crippen LogP contribution in [0.3, 0.4) is 0 Å². The molecule has 0 saturated heterocycles. The van der Waals surface area contributed by atoms with Gasteiger partial charge < -0.3 is 5.32 Å². The van der Waals surface area contributed by atoms with Crippen molar-refractivity contribution in [1.29, 1.82) is 0 Å². The van der Waals surface area contributed by atoms with Crippen molar-refractivity contribution in [1.82, 2.24) is 5.32 Å². The van der Waals surface area contributed by atoms with E-state index in [0.29, 0.717) is 6.54 Å². The van der Waals surface area contributed by atoms with Crippen LogP contribution in [0.15, 0.2) is 60.0 Å². The van der Waals surface area contributed by atoms with Crippen molar-refractivity contribution in [2.45, 2.75) is 11.8 Å². The zero-order chi connectivity index (χ0) is 15.4. The third kappa shape index (κ3) is 3.32. The second kappa shape index (κ2) is 6.95. The number of halogens is 1. The fourth-order valence-electron chi connectivity index (χ4n) is 2.40. The van der Waals surface area contributed by atoms with Gasteiger partial charge in [-0.2, -0.15) is 0 Å². The van der Waals surface area contributed by atoms with Crippen LogP contribution in [0.5, 0.6) is 0 Å². The molecule has 1 heterocycles. The minimum Gasteiger partial charge on any atom is -0.354 e. The first-order valence-corrected chi connectivity index (χ1v) is 8.49. The summed E-state index contributed by atoms with van der Waals surface area (Å²) in [7, 11) is 0. The monoisotopic (exact) mass is 329 g/mol. The fraction of sp³-hybridized carbons (Fsp3) is 0.167. The predicted octanol–water partition coefficient (Wildman–Crippen LogP) is 4.54. The Morgan fingerprint density at radius 1 is 1.09 bits per heavy atom. The van der Waals surface area contributed by atoms with Gasteiger partial charge in [0.2, 0.25) is 5.91 Å². The van der Waals surface area contributed by atoms with Gasteiger partial charge in [0.15, 0.2) is 0 Å². The van der Waals surface area contributed by atoms with Crippen molar-refractivity contribution in [3.05, 3.63) is 71.1 Å². The highest BCUT2D eigenvalue weighted by Gasteiger charge is 2.20. The predicted molar refractivity (Wildman–Crippen MR) is 93.6 cm³/mol. The minimum atomic E-state index is -0.646. The molecular formula is C18H16ClNOS. The maximum atomic E-state index is 12.2. The fourth-order valence-corrected chi connectivity index (χ4v) is 3.72. The molecule has 3 aromatic rings. The van der Waals surface area contributed by atoms with Crippen LogP contribution in [0.1, 0.15) is 16.5 Å². The maximum Gasteiger partial charge on any atom is 0.242 e. The molecule has 0 aliphatic carbocycles. The lowest BCUT2D eigenvalue weighted by atomic mass is 10.1. The Morgan fingerprint density at radius 2 is 1.82 bits per heavy atom. The van der Waals surface area contributed by atoms with Gasteiger partial charge in [-0.25, -0.2) is 0 Å². The highest BCUT2D eigenvalue weighted by molar-refractivity contribution is 7.17.